The van der Waals surface area contributed by atoms with E-state index < -0.39 is 0 Å². The van der Waals surface area contributed by atoms with E-state index in [0.29, 0.717) is 0 Å². The van der Waals surface area contributed by atoms with Crippen molar-refractivity contribution in [2.24, 2.45) is 5.92 Å². The fraction of sp³-hybridized carbons (Fsp3) is 0.731. The fourth-order valence-corrected chi connectivity index (χ4v) is 4.18. The number of carbonyl (C=O) groups excluding carboxylic acids is 1. The van der Waals surface area contributed by atoms with Gasteiger partial charge in [-0.1, -0.05) is 127 Å². The van der Waals surface area contributed by atoms with Crippen molar-refractivity contribution in [2.75, 3.05) is 5.52 Å². The van der Waals surface area contributed by atoms with Gasteiger partial charge in [-0.2, -0.15) is 0 Å². The van der Waals surface area contributed by atoms with Gasteiger partial charge in [0.2, 0.25) is 0 Å². The second-order valence-corrected chi connectivity index (χ2v) is 8.80. The largest absolute Gasteiger partial charge is 0.454 e. The number of hydrogen-bond acceptors (Lipinski definition) is 2. The van der Waals surface area contributed by atoms with Gasteiger partial charge in [0, 0.05) is 0 Å². The molecular weight excluding hydrogens is 424 g/mol. The normalized spacial score (nSPS) is 12.1. The Hall–Kier alpha value is -0.830. The number of esters is 1. The maximum Gasteiger partial charge on any atom is 0.310 e. The SMILES string of the molecule is CCCCCCCCCCCCCCCCC(Cc1ccccc1)C(=O)OCBr. The van der Waals surface area contributed by atoms with Crippen molar-refractivity contribution in [1.29, 1.82) is 0 Å². The Morgan fingerprint density at radius 2 is 1.28 bits per heavy atom. The molecule has 0 aliphatic carbocycles. The predicted molar refractivity (Wildman–Crippen MR) is 128 cm³/mol. The molecule has 1 rings (SSSR count). The third-order valence-electron chi connectivity index (χ3n) is 5.76. The average molecular weight is 468 g/mol. The summed E-state index contributed by atoms with van der Waals surface area (Å²) >= 11 is 3.21. The summed E-state index contributed by atoms with van der Waals surface area (Å²) in [6.45, 7) is 2.28. The van der Waals surface area contributed by atoms with Gasteiger partial charge in [-0.05, 0) is 34.3 Å². The van der Waals surface area contributed by atoms with Crippen molar-refractivity contribution >= 4 is 21.9 Å². The molecule has 0 aliphatic heterocycles. The zero-order valence-electron chi connectivity index (χ0n) is 18.7. The van der Waals surface area contributed by atoms with Crippen LogP contribution in [0.25, 0.3) is 0 Å². The first kappa shape index (κ1) is 26.2. The topological polar surface area (TPSA) is 26.3 Å². The van der Waals surface area contributed by atoms with Crippen molar-refractivity contribution in [3.8, 4) is 0 Å². The van der Waals surface area contributed by atoms with Crippen molar-refractivity contribution < 1.29 is 9.53 Å². The Balaban J connectivity index is 2.03. The first-order valence-electron chi connectivity index (χ1n) is 12.0. The zero-order chi connectivity index (χ0) is 21.0. The summed E-state index contributed by atoms with van der Waals surface area (Å²) in [5, 5.41) is 0. The molecule has 0 heterocycles. The van der Waals surface area contributed by atoms with Gasteiger partial charge in [-0.25, -0.2) is 0 Å². The lowest BCUT2D eigenvalue weighted by atomic mass is 9.93. The number of alkyl halides is 1. The predicted octanol–water partition coefficient (Wildman–Crippen LogP) is 8.61. The lowest BCUT2D eigenvalue weighted by Gasteiger charge is -2.15. The van der Waals surface area contributed by atoms with Crippen molar-refractivity contribution in [3.63, 3.8) is 0 Å². The summed E-state index contributed by atoms with van der Waals surface area (Å²) in [5.74, 6) is -0.0901. The van der Waals surface area contributed by atoms with E-state index in [0.717, 1.165) is 19.3 Å². The standard InChI is InChI=1S/C26H43BrO2/c1-2-3-4-5-6-7-8-9-10-11-12-13-14-18-21-25(26(28)29-23-27)22-24-19-16-15-17-20-24/h15-17,19-20,25H,2-14,18,21-23H2,1H3. The van der Waals surface area contributed by atoms with Gasteiger partial charge in [0.15, 0.2) is 0 Å². The molecule has 0 saturated carbocycles. The van der Waals surface area contributed by atoms with Crippen LogP contribution in [-0.4, -0.2) is 11.5 Å². The lowest BCUT2D eigenvalue weighted by molar-refractivity contribution is -0.146. The van der Waals surface area contributed by atoms with Crippen molar-refractivity contribution in [2.45, 2.75) is 110 Å². The van der Waals surface area contributed by atoms with Crippen molar-refractivity contribution in [1.82, 2.24) is 0 Å². The summed E-state index contributed by atoms with van der Waals surface area (Å²) in [4.78, 5) is 12.3. The van der Waals surface area contributed by atoms with Crippen LogP contribution in [0.2, 0.25) is 0 Å². The number of halogens is 1. The minimum atomic E-state index is -0.0691. The third kappa shape index (κ3) is 14.7. The van der Waals surface area contributed by atoms with E-state index in [-0.39, 0.29) is 17.4 Å². The van der Waals surface area contributed by atoms with Gasteiger partial charge < -0.3 is 4.74 Å². The summed E-state index contributed by atoms with van der Waals surface area (Å²) in [6.07, 6.45) is 20.7. The molecule has 0 N–H and O–H groups in total. The Morgan fingerprint density at radius 3 is 1.76 bits per heavy atom. The van der Waals surface area contributed by atoms with Gasteiger partial charge in [-0.15, -0.1) is 0 Å². The molecule has 1 aromatic rings. The first-order valence-corrected chi connectivity index (χ1v) is 13.2. The van der Waals surface area contributed by atoms with Gasteiger partial charge in [0.25, 0.3) is 0 Å². The van der Waals surface area contributed by atoms with Crippen LogP contribution in [0.5, 0.6) is 0 Å². The van der Waals surface area contributed by atoms with Gasteiger partial charge in [0.05, 0.1) is 5.92 Å². The molecule has 0 aliphatic rings. The van der Waals surface area contributed by atoms with Crippen LogP contribution < -0.4 is 0 Å². The Kier molecular flexibility index (Phi) is 17.3. The summed E-state index contributed by atoms with van der Waals surface area (Å²) in [6, 6.07) is 10.3. The zero-order valence-corrected chi connectivity index (χ0v) is 20.3. The highest BCUT2D eigenvalue weighted by Gasteiger charge is 2.19. The smallest absolute Gasteiger partial charge is 0.310 e. The molecule has 0 radical (unpaired) electrons. The second kappa shape index (κ2) is 19.2. The molecule has 1 unspecified atom stereocenters. The molecule has 0 fully saturated rings. The van der Waals surface area contributed by atoms with Crippen LogP contribution in [0, 0.1) is 5.92 Å². The summed E-state index contributed by atoms with van der Waals surface area (Å²) in [5.41, 5.74) is 1.50. The highest BCUT2D eigenvalue weighted by Crippen LogP contribution is 2.19. The average Bonchev–Trinajstić information content (AvgIpc) is 2.74. The second-order valence-electron chi connectivity index (χ2n) is 8.34. The molecule has 1 atom stereocenters. The highest BCUT2D eigenvalue weighted by atomic mass is 79.9. The van der Waals surface area contributed by atoms with Crippen LogP contribution in [-0.2, 0) is 16.0 Å². The molecule has 0 aromatic heterocycles. The Morgan fingerprint density at radius 1 is 0.793 bits per heavy atom. The van der Waals surface area contributed by atoms with Crippen LogP contribution in [0.1, 0.15) is 109 Å². The monoisotopic (exact) mass is 466 g/mol. The molecule has 166 valence electrons. The van der Waals surface area contributed by atoms with E-state index in [2.05, 4.69) is 35.0 Å². The lowest BCUT2D eigenvalue weighted by Crippen LogP contribution is -2.19. The number of ether oxygens (including phenoxy) is 1. The summed E-state index contributed by atoms with van der Waals surface area (Å²) < 4.78 is 5.22. The van der Waals surface area contributed by atoms with E-state index in [1.165, 1.54) is 89.0 Å². The Bertz CT molecular complexity index is 489. The molecule has 0 bridgehead atoms. The molecule has 2 nitrogen and oxygen atoms in total. The molecule has 0 saturated heterocycles. The van der Waals surface area contributed by atoms with Crippen LogP contribution in [0.3, 0.4) is 0 Å². The van der Waals surface area contributed by atoms with Crippen LogP contribution in [0.15, 0.2) is 30.3 Å². The maximum atomic E-state index is 12.3. The minimum Gasteiger partial charge on any atom is -0.454 e. The van der Waals surface area contributed by atoms with Crippen LogP contribution in [0.4, 0.5) is 0 Å². The first-order chi connectivity index (χ1) is 14.3. The molecule has 3 heteroatoms. The minimum absolute atomic E-state index is 0.0210. The van der Waals surface area contributed by atoms with E-state index in [9.17, 15) is 4.79 Å². The summed E-state index contributed by atoms with van der Waals surface area (Å²) in [7, 11) is 0. The molecular formula is C26H43BrO2. The third-order valence-corrected chi connectivity index (χ3v) is 5.99. The Labute approximate surface area is 188 Å². The number of rotatable bonds is 19. The quantitative estimate of drug-likeness (QED) is 0.116. The molecule has 0 amide bonds. The van der Waals surface area contributed by atoms with E-state index in [4.69, 9.17) is 4.74 Å². The maximum absolute atomic E-state index is 12.3. The van der Waals surface area contributed by atoms with Gasteiger partial charge >= 0.3 is 5.97 Å². The number of carbonyl (C=O) groups is 1. The van der Waals surface area contributed by atoms with E-state index >= 15 is 0 Å². The fourth-order valence-electron chi connectivity index (χ4n) is 3.96. The highest BCUT2D eigenvalue weighted by molar-refractivity contribution is 9.09. The van der Waals surface area contributed by atoms with Crippen LogP contribution >= 0.6 is 15.9 Å². The van der Waals surface area contributed by atoms with Crippen molar-refractivity contribution in [3.05, 3.63) is 35.9 Å². The van der Waals surface area contributed by atoms with E-state index in [1.807, 2.05) is 18.2 Å². The van der Waals surface area contributed by atoms with E-state index in [1.54, 1.807) is 0 Å². The van der Waals surface area contributed by atoms with Gasteiger partial charge in [0.1, 0.15) is 5.52 Å². The molecule has 1 aromatic carbocycles. The molecule has 0 spiro atoms. The molecule has 29 heavy (non-hydrogen) atoms. The van der Waals surface area contributed by atoms with Gasteiger partial charge in [-0.3, -0.25) is 4.79 Å². The number of hydrogen-bond donors (Lipinski definition) is 0. The number of benzene rings is 1. The number of unbranched alkanes of at least 4 members (excludes halogenated alkanes) is 13.